The standard InChI is InChI=1S/C12H13FO2/c13-12(10-5-6-10)9-3-1-8(2-4-9)7-11(14)15/h1-4,10,12H,5-7H2,(H,14,15). The van der Waals surface area contributed by atoms with Gasteiger partial charge in [0.1, 0.15) is 6.17 Å². The molecule has 0 amide bonds. The fourth-order valence-electron chi connectivity index (χ4n) is 1.66. The van der Waals surface area contributed by atoms with Crippen LogP contribution in [0.2, 0.25) is 0 Å². The molecule has 1 saturated carbocycles. The van der Waals surface area contributed by atoms with Gasteiger partial charge in [-0.3, -0.25) is 4.79 Å². The first-order valence-corrected chi connectivity index (χ1v) is 5.11. The van der Waals surface area contributed by atoms with Crippen molar-refractivity contribution in [1.29, 1.82) is 0 Å². The van der Waals surface area contributed by atoms with Crippen molar-refractivity contribution in [2.24, 2.45) is 5.92 Å². The molecule has 1 aromatic carbocycles. The fraction of sp³-hybridized carbons (Fsp3) is 0.417. The van der Waals surface area contributed by atoms with Crippen LogP contribution in [-0.4, -0.2) is 11.1 Å². The molecule has 0 heterocycles. The second-order valence-corrected chi connectivity index (χ2v) is 4.05. The van der Waals surface area contributed by atoms with Gasteiger partial charge in [-0.25, -0.2) is 4.39 Å². The highest BCUT2D eigenvalue weighted by Crippen LogP contribution is 2.43. The van der Waals surface area contributed by atoms with Gasteiger partial charge in [0.05, 0.1) is 6.42 Å². The molecule has 0 spiro atoms. The first-order valence-electron chi connectivity index (χ1n) is 5.11. The summed E-state index contributed by atoms with van der Waals surface area (Å²) in [7, 11) is 0. The van der Waals surface area contributed by atoms with Crippen molar-refractivity contribution in [2.45, 2.75) is 25.4 Å². The number of carboxylic acid groups (broad SMARTS) is 1. The maximum atomic E-state index is 13.6. The van der Waals surface area contributed by atoms with E-state index in [1.807, 2.05) is 0 Å². The van der Waals surface area contributed by atoms with Crippen LogP contribution in [0.5, 0.6) is 0 Å². The summed E-state index contributed by atoms with van der Waals surface area (Å²) in [5, 5.41) is 8.57. The van der Waals surface area contributed by atoms with Gasteiger partial charge in [-0.05, 0) is 29.9 Å². The molecule has 1 aliphatic carbocycles. The Hall–Kier alpha value is -1.38. The third-order valence-corrected chi connectivity index (χ3v) is 2.69. The molecule has 2 nitrogen and oxygen atoms in total. The van der Waals surface area contributed by atoms with Crippen molar-refractivity contribution in [1.82, 2.24) is 0 Å². The Kier molecular flexibility index (Phi) is 2.71. The summed E-state index contributed by atoms with van der Waals surface area (Å²) in [6, 6.07) is 6.78. The lowest BCUT2D eigenvalue weighted by molar-refractivity contribution is -0.136. The second kappa shape index (κ2) is 4.01. The molecular formula is C12H13FO2. The van der Waals surface area contributed by atoms with E-state index in [4.69, 9.17) is 5.11 Å². The Morgan fingerprint density at radius 2 is 2.00 bits per heavy atom. The van der Waals surface area contributed by atoms with Crippen LogP contribution in [0.4, 0.5) is 4.39 Å². The Labute approximate surface area is 87.7 Å². The SMILES string of the molecule is O=C(O)Cc1ccc(C(F)C2CC2)cc1. The van der Waals surface area contributed by atoms with E-state index >= 15 is 0 Å². The number of benzene rings is 1. The maximum Gasteiger partial charge on any atom is 0.307 e. The van der Waals surface area contributed by atoms with Gasteiger partial charge in [-0.1, -0.05) is 24.3 Å². The van der Waals surface area contributed by atoms with E-state index in [9.17, 15) is 9.18 Å². The maximum absolute atomic E-state index is 13.6. The van der Waals surface area contributed by atoms with Crippen LogP contribution in [0.15, 0.2) is 24.3 Å². The molecule has 1 fully saturated rings. The number of carbonyl (C=O) groups is 1. The smallest absolute Gasteiger partial charge is 0.307 e. The van der Waals surface area contributed by atoms with Crippen molar-refractivity contribution in [2.75, 3.05) is 0 Å². The van der Waals surface area contributed by atoms with E-state index in [2.05, 4.69) is 0 Å². The predicted octanol–water partition coefficient (Wildman–Crippen LogP) is 2.73. The van der Waals surface area contributed by atoms with Gasteiger partial charge < -0.3 is 5.11 Å². The Morgan fingerprint density at radius 1 is 1.40 bits per heavy atom. The highest BCUT2D eigenvalue weighted by Gasteiger charge is 2.32. The third-order valence-electron chi connectivity index (χ3n) is 2.69. The zero-order valence-corrected chi connectivity index (χ0v) is 8.32. The summed E-state index contributed by atoms with van der Waals surface area (Å²) in [6.07, 6.45) is 1.07. The van der Waals surface area contributed by atoms with Crippen LogP contribution in [0.3, 0.4) is 0 Å². The average Bonchev–Trinajstić information content (AvgIpc) is 3.00. The molecule has 2 rings (SSSR count). The van der Waals surface area contributed by atoms with E-state index < -0.39 is 12.1 Å². The minimum Gasteiger partial charge on any atom is -0.481 e. The summed E-state index contributed by atoms with van der Waals surface area (Å²) < 4.78 is 13.6. The lowest BCUT2D eigenvalue weighted by Crippen LogP contribution is -2.00. The summed E-state index contributed by atoms with van der Waals surface area (Å²) in [4.78, 5) is 10.4. The van der Waals surface area contributed by atoms with Crippen molar-refractivity contribution >= 4 is 5.97 Å². The quantitative estimate of drug-likeness (QED) is 0.826. The molecule has 1 atom stereocenters. The van der Waals surface area contributed by atoms with Crippen molar-refractivity contribution in [3.63, 3.8) is 0 Å². The van der Waals surface area contributed by atoms with Gasteiger partial charge >= 0.3 is 5.97 Å². The van der Waals surface area contributed by atoms with Crippen LogP contribution in [0.1, 0.15) is 30.1 Å². The zero-order chi connectivity index (χ0) is 10.8. The van der Waals surface area contributed by atoms with Crippen molar-refractivity contribution in [3.8, 4) is 0 Å². The summed E-state index contributed by atoms with van der Waals surface area (Å²) >= 11 is 0. The lowest BCUT2D eigenvalue weighted by atomic mass is 10.0. The highest BCUT2D eigenvalue weighted by atomic mass is 19.1. The van der Waals surface area contributed by atoms with E-state index in [1.54, 1.807) is 24.3 Å². The number of alkyl halides is 1. The van der Waals surface area contributed by atoms with Gasteiger partial charge in [0.15, 0.2) is 0 Å². The molecule has 0 bridgehead atoms. The molecule has 3 heteroatoms. The van der Waals surface area contributed by atoms with Crippen LogP contribution in [0, 0.1) is 5.92 Å². The largest absolute Gasteiger partial charge is 0.481 e. The molecular weight excluding hydrogens is 195 g/mol. The second-order valence-electron chi connectivity index (χ2n) is 4.05. The number of hydrogen-bond donors (Lipinski definition) is 1. The van der Waals surface area contributed by atoms with E-state index in [0.29, 0.717) is 11.1 Å². The number of hydrogen-bond acceptors (Lipinski definition) is 1. The van der Waals surface area contributed by atoms with Gasteiger partial charge in [-0.2, -0.15) is 0 Å². The van der Waals surface area contributed by atoms with Gasteiger partial charge in [-0.15, -0.1) is 0 Å². The van der Waals surface area contributed by atoms with Crippen molar-refractivity contribution < 1.29 is 14.3 Å². The summed E-state index contributed by atoms with van der Waals surface area (Å²) in [5.74, 6) is -0.669. The Balaban J connectivity index is 2.05. The first kappa shape index (κ1) is 10.1. The van der Waals surface area contributed by atoms with Gasteiger partial charge in [0.25, 0.3) is 0 Å². The number of carboxylic acids is 1. The molecule has 1 N–H and O–H groups in total. The van der Waals surface area contributed by atoms with Gasteiger partial charge in [0.2, 0.25) is 0 Å². The minimum absolute atomic E-state index is 0.000656. The highest BCUT2D eigenvalue weighted by molar-refractivity contribution is 5.70. The van der Waals surface area contributed by atoms with Gasteiger partial charge in [0, 0.05) is 0 Å². The van der Waals surface area contributed by atoms with Crippen LogP contribution in [-0.2, 0) is 11.2 Å². The molecule has 15 heavy (non-hydrogen) atoms. The summed E-state index contributed by atoms with van der Waals surface area (Å²) in [5.41, 5.74) is 1.39. The Morgan fingerprint density at radius 3 is 2.47 bits per heavy atom. The minimum atomic E-state index is -0.871. The zero-order valence-electron chi connectivity index (χ0n) is 8.32. The number of rotatable bonds is 4. The van der Waals surface area contributed by atoms with Crippen LogP contribution >= 0.6 is 0 Å². The third kappa shape index (κ3) is 2.55. The van der Waals surface area contributed by atoms with E-state index in [1.165, 1.54) is 0 Å². The first-order chi connectivity index (χ1) is 7.16. The lowest BCUT2D eigenvalue weighted by Gasteiger charge is -2.07. The summed E-state index contributed by atoms with van der Waals surface area (Å²) in [6.45, 7) is 0. The fourth-order valence-corrected chi connectivity index (χ4v) is 1.66. The van der Waals surface area contributed by atoms with E-state index in [0.717, 1.165) is 12.8 Å². The number of halogens is 1. The van der Waals surface area contributed by atoms with E-state index in [-0.39, 0.29) is 12.3 Å². The molecule has 1 unspecified atom stereocenters. The molecule has 0 saturated heterocycles. The topological polar surface area (TPSA) is 37.3 Å². The molecule has 1 aromatic rings. The van der Waals surface area contributed by atoms with Crippen molar-refractivity contribution in [3.05, 3.63) is 35.4 Å². The monoisotopic (exact) mass is 208 g/mol. The molecule has 80 valence electrons. The predicted molar refractivity (Wildman–Crippen MR) is 54.4 cm³/mol. The molecule has 0 radical (unpaired) electrons. The van der Waals surface area contributed by atoms with Crippen LogP contribution in [0.25, 0.3) is 0 Å². The normalized spacial score (nSPS) is 17.4. The van der Waals surface area contributed by atoms with Crippen LogP contribution < -0.4 is 0 Å². The molecule has 0 aromatic heterocycles. The molecule has 1 aliphatic rings. The Bertz CT molecular complexity index is 354. The average molecular weight is 208 g/mol. The molecule has 0 aliphatic heterocycles. The number of aliphatic carboxylic acids is 1.